The number of halogens is 1. The Bertz CT molecular complexity index is 784. The van der Waals surface area contributed by atoms with Crippen LogP contribution in [-0.2, 0) is 0 Å². The molecule has 3 nitrogen and oxygen atoms in total. The summed E-state index contributed by atoms with van der Waals surface area (Å²) in [5, 5.41) is 3.45. The summed E-state index contributed by atoms with van der Waals surface area (Å²) in [4.78, 5) is 5.50. The largest absolute Gasteiger partial charge is 0.495 e. The van der Waals surface area contributed by atoms with Gasteiger partial charge in [0, 0.05) is 16.0 Å². The minimum Gasteiger partial charge on any atom is -0.495 e. The molecule has 0 fully saturated rings. The third-order valence-corrected chi connectivity index (χ3v) is 4.85. The van der Waals surface area contributed by atoms with Crippen LogP contribution in [0.3, 0.4) is 0 Å². The van der Waals surface area contributed by atoms with Gasteiger partial charge in [0.2, 0.25) is 0 Å². The fraction of sp³-hybridized carbons (Fsp3) is 0.278. The highest BCUT2D eigenvalue weighted by atomic mass is 35.5. The van der Waals surface area contributed by atoms with Crippen molar-refractivity contribution in [2.45, 2.75) is 20.8 Å². The van der Waals surface area contributed by atoms with Gasteiger partial charge in [-0.25, -0.2) is 4.98 Å². The lowest BCUT2D eigenvalue weighted by molar-refractivity contribution is 0.415. The first-order valence-corrected chi connectivity index (χ1v) is 8.56. The molecule has 0 amide bonds. The van der Waals surface area contributed by atoms with Crippen LogP contribution in [0.1, 0.15) is 25.1 Å². The summed E-state index contributed by atoms with van der Waals surface area (Å²) >= 11 is 7.88. The quantitative estimate of drug-likeness (QED) is 0.789. The van der Waals surface area contributed by atoms with E-state index in [1.54, 1.807) is 7.11 Å². The molecule has 0 bridgehead atoms. The third kappa shape index (κ3) is 3.82. The van der Waals surface area contributed by atoms with Crippen molar-refractivity contribution in [3.63, 3.8) is 0 Å². The fourth-order valence-corrected chi connectivity index (χ4v) is 3.11. The number of benzene rings is 1. The van der Waals surface area contributed by atoms with E-state index in [4.69, 9.17) is 22.1 Å². The molecule has 2 rings (SSSR count). The van der Waals surface area contributed by atoms with Crippen LogP contribution in [0.2, 0.25) is 5.02 Å². The van der Waals surface area contributed by atoms with Crippen LogP contribution in [0.25, 0.3) is 15.8 Å². The molecule has 0 saturated carbocycles. The molecule has 1 aromatic carbocycles. The van der Waals surface area contributed by atoms with Gasteiger partial charge in [-0.2, -0.15) is 0 Å². The van der Waals surface area contributed by atoms with Crippen molar-refractivity contribution in [3.05, 3.63) is 52.2 Å². The molecule has 0 unspecified atom stereocenters. The summed E-state index contributed by atoms with van der Waals surface area (Å²) in [5.41, 5.74) is 9.41. The Hall–Kier alpha value is -1.65. The molecule has 0 aliphatic rings. The smallest absolute Gasteiger partial charge is 0.139 e. The van der Waals surface area contributed by atoms with Crippen molar-refractivity contribution in [1.29, 1.82) is 0 Å². The number of hydrogen-bond acceptors (Lipinski definition) is 4. The van der Waals surface area contributed by atoms with Crippen LogP contribution < -0.4 is 10.5 Å². The highest BCUT2D eigenvalue weighted by Gasteiger charge is 2.12. The molecule has 0 spiro atoms. The standard InChI is InChI=1S/C18H21ClN2OS/c1-10(2)14(20)9-23-12(4)15-8-11(3)13-6-7-16(22-5)17(19)18(13)21-15/h6-10H,4,20H2,1-3,5H3/b14-9-. The molecule has 2 N–H and O–H groups in total. The van der Waals surface area contributed by atoms with Gasteiger partial charge in [0.25, 0.3) is 0 Å². The van der Waals surface area contributed by atoms with Crippen molar-refractivity contribution in [2.75, 3.05) is 7.11 Å². The van der Waals surface area contributed by atoms with E-state index in [1.165, 1.54) is 11.8 Å². The lowest BCUT2D eigenvalue weighted by atomic mass is 10.1. The van der Waals surface area contributed by atoms with Gasteiger partial charge in [-0.05, 0) is 42.0 Å². The summed E-state index contributed by atoms with van der Waals surface area (Å²) in [6, 6.07) is 5.84. The molecule has 2 aromatic rings. The van der Waals surface area contributed by atoms with Crippen LogP contribution in [0, 0.1) is 12.8 Å². The second-order valence-electron chi connectivity index (χ2n) is 5.62. The minimum atomic E-state index is 0.306. The number of methoxy groups -OCH3 is 1. The van der Waals surface area contributed by atoms with Crippen LogP contribution in [0.5, 0.6) is 5.75 Å². The van der Waals surface area contributed by atoms with Gasteiger partial charge in [-0.3, -0.25) is 0 Å². The van der Waals surface area contributed by atoms with Gasteiger partial charge in [-0.15, -0.1) is 0 Å². The van der Waals surface area contributed by atoms with Crippen LogP contribution in [0.4, 0.5) is 0 Å². The summed E-state index contributed by atoms with van der Waals surface area (Å²) in [7, 11) is 1.60. The number of ether oxygens (including phenoxy) is 1. The van der Waals surface area contributed by atoms with Crippen molar-refractivity contribution in [2.24, 2.45) is 11.7 Å². The topological polar surface area (TPSA) is 48.1 Å². The molecule has 5 heteroatoms. The minimum absolute atomic E-state index is 0.306. The Kier molecular flexibility index (Phi) is 5.60. The zero-order valence-electron chi connectivity index (χ0n) is 13.8. The zero-order valence-corrected chi connectivity index (χ0v) is 15.4. The predicted molar refractivity (Wildman–Crippen MR) is 102 cm³/mol. The highest BCUT2D eigenvalue weighted by Crippen LogP contribution is 2.35. The van der Waals surface area contributed by atoms with Gasteiger partial charge in [0.1, 0.15) is 10.8 Å². The number of pyridine rings is 1. The molecular formula is C18H21ClN2OS. The van der Waals surface area contributed by atoms with Crippen LogP contribution in [0.15, 0.2) is 35.9 Å². The molecule has 0 radical (unpaired) electrons. The summed E-state index contributed by atoms with van der Waals surface area (Å²) in [6.07, 6.45) is 0. The summed E-state index contributed by atoms with van der Waals surface area (Å²) in [6.45, 7) is 10.2. The number of nitrogens with zero attached hydrogens (tertiary/aromatic N) is 1. The molecule has 0 aliphatic heterocycles. The fourth-order valence-electron chi connectivity index (χ4n) is 2.05. The second-order valence-corrected chi connectivity index (χ2v) is 6.96. The molecule has 0 saturated heterocycles. The first-order valence-electron chi connectivity index (χ1n) is 7.30. The number of aryl methyl sites for hydroxylation is 1. The Morgan fingerprint density at radius 3 is 2.74 bits per heavy atom. The number of nitrogens with two attached hydrogens (primary N) is 1. The average molecular weight is 349 g/mol. The van der Waals surface area contributed by atoms with E-state index < -0.39 is 0 Å². The Balaban J connectivity index is 2.44. The zero-order chi connectivity index (χ0) is 17.1. The monoisotopic (exact) mass is 348 g/mol. The third-order valence-electron chi connectivity index (χ3n) is 3.60. The average Bonchev–Trinajstić information content (AvgIpc) is 2.52. The number of aromatic nitrogens is 1. The molecule has 1 aromatic heterocycles. The van der Waals surface area contributed by atoms with Crippen molar-refractivity contribution >= 4 is 39.2 Å². The van der Waals surface area contributed by atoms with Gasteiger partial charge in [0.05, 0.1) is 18.3 Å². The van der Waals surface area contributed by atoms with E-state index in [-0.39, 0.29) is 0 Å². The molecule has 0 aliphatic carbocycles. The van der Waals surface area contributed by atoms with Crippen molar-refractivity contribution < 1.29 is 4.74 Å². The first kappa shape index (κ1) is 17.7. The van der Waals surface area contributed by atoms with E-state index in [0.29, 0.717) is 16.7 Å². The van der Waals surface area contributed by atoms with E-state index >= 15 is 0 Å². The first-order chi connectivity index (χ1) is 10.8. The number of allylic oxidation sites excluding steroid dienone is 1. The van der Waals surface area contributed by atoms with Crippen molar-refractivity contribution in [3.8, 4) is 5.75 Å². The maximum atomic E-state index is 6.40. The number of thioether (sulfide) groups is 1. The van der Waals surface area contributed by atoms with E-state index in [1.807, 2.05) is 30.5 Å². The molecule has 23 heavy (non-hydrogen) atoms. The number of fused-ring (bicyclic) bond motifs is 1. The van der Waals surface area contributed by atoms with Gasteiger partial charge in [-0.1, -0.05) is 43.8 Å². The van der Waals surface area contributed by atoms with E-state index in [2.05, 4.69) is 25.4 Å². The maximum absolute atomic E-state index is 6.40. The molecule has 1 heterocycles. The number of hydrogen-bond donors (Lipinski definition) is 1. The lowest BCUT2D eigenvalue weighted by Gasteiger charge is -2.11. The van der Waals surface area contributed by atoms with Crippen LogP contribution >= 0.6 is 23.4 Å². The van der Waals surface area contributed by atoms with Crippen molar-refractivity contribution in [1.82, 2.24) is 4.98 Å². The maximum Gasteiger partial charge on any atom is 0.139 e. The predicted octanol–water partition coefficient (Wildman–Crippen LogP) is 5.37. The Labute approximate surface area is 146 Å². The van der Waals surface area contributed by atoms with Gasteiger partial charge >= 0.3 is 0 Å². The second kappa shape index (κ2) is 7.28. The van der Waals surface area contributed by atoms with E-state index in [0.717, 1.165) is 32.8 Å². The molecule has 0 atom stereocenters. The van der Waals surface area contributed by atoms with Gasteiger partial charge < -0.3 is 10.5 Å². The highest BCUT2D eigenvalue weighted by molar-refractivity contribution is 8.10. The normalized spacial score (nSPS) is 12.0. The lowest BCUT2D eigenvalue weighted by Crippen LogP contribution is -2.03. The van der Waals surface area contributed by atoms with Gasteiger partial charge in [0.15, 0.2) is 0 Å². The molecule has 122 valence electrons. The van der Waals surface area contributed by atoms with Crippen LogP contribution in [-0.4, -0.2) is 12.1 Å². The SMILES string of the molecule is C=C(S/C=C(\N)C(C)C)c1cc(C)c2ccc(OC)c(Cl)c2n1. The molecular weight excluding hydrogens is 328 g/mol. The summed E-state index contributed by atoms with van der Waals surface area (Å²) in [5.74, 6) is 0.922. The number of rotatable bonds is 5. The summed E-state index contributed by atoms with van der Waals surface area (Å²) < 4.78 is 5.27. The Morgan fingerprint density at radius 2 is 2.13 bits per heavy atom. The Morgan fingerprint density at radius 1 is 1.43 bits per heavy atom. The van der Waals surface area contributed by atoms with E-state index in [9.17, 15) is 0 Å².